The van der Waals surface area contributed by atoms with Gasteiger partial charge in [0, 0.05) is 11.3 Å². The van der Waals surface area contributed by atoms with Crippen molar-refractivity contribution in [2.24, 2.45) is 10.9 Å². The van der Waals surface area contributed by atoms with Gasteiger partial charge >= 0.3 is 11.9 Å². The first-order valence-electron chi connectivity index (χ1n) is 8.52. The molecule has 27 heavy (non-hydrogen) atoms. The van der Waals surface area contributed by atoms with E-state index in [1.165, 1.54) is 14.2 Å². The Hall–Kier alpha value is -3.15. The number of nitrogens with zero attached hydrogens (tertiary/aromatic N) is 1. The summed E-state index contributed by atoms with van der Waals surface area (Å²) in [6, 6.07) is 10.2. The van der Waals surface area contributed by atoms with E-state index in [1.54, 1.807) is 26.0 Å². The van der Waals surface area contributed by atoms with Crippen molar-refractivity contribution in [1.82, 2.24) is 0 Å². The largest absolute Gasteiger partial charge is 0.508 e. The molecule has 0 spiro atoms. The van der Waals surface area contributed by atoms with Gasteiger partial charge in [0.1, 0.15) is 17.7 Å². The molecule has 0 saturated heterocycles. The van der Waals surface area contributed by atoms with Crippen LogP contribution in [-0.2, 0) is 19.1 Å². The molecule has 3 rings (SSSR count). The minimum Gasteiger partial charge on any atom is -0.508 e. The van der Waals surface area contributed by atoms with Crippen molar-refractivity contribution in [3.05, 3.63) is 53.1 Å². The highest BCUT2D eigenvalue weighted by atomic mass is 16.5. The van der Waals surface area contributed by atoms with E-state index in [1.807, 2.05) is 24.3 Å². The molecule has 2 aromatic carbocycles. The van der Waals surface area contributed by atoms with Crippen LogP contribution in [0.2, 0.25) is 0 Å². The molecule has 6 nitrogen and oxygen atoms in total. The Kier molecular flexibility index (Phi) is 4.99. The van der Waals surface area contributed by atoms with Gasteiger partial charge in [0.25, 0.3) is 0 Å². The number of aromatic hydroxyl groups is 1. The molecule has 0 amide bonds. The van der Waals surface area contributed by atoms with Gasteiger partial charge in [0.15, 0.2) is 0 Å². The van der Waals surface area contributed by atoms with Gasteiger partial charge in [-0.1, -0.05) is 30.3 Å². The van der Waals surface area contributed by atoms with Crippen LogP contribution < -0.4 is 0 Å². The lowest BCUT2D eigenvalue weighted by molar-refractivity contribution is -0.142. The van der Waals surface area contributed by atoms with Gasteiger partial charge in [-0.3, -0.25) is 9.79 Å². The highest BCUT2D eigenvalue weighted by molar-refractivity contribution is 6.08. The number of benzene rings is 2. The van der Waals surface area contributed by atoms with Crippen molar-refractivity contribution in [3.8, 4) is 5.75 Å². The Balaban J connectivity index is 2.30. The first-order chi connectivity index (χ1) is 12.9. The van der Waals surface area contributed by atoms with Crippen LogP contribution in [0.4, 0.5) is 0 Å². The molecule has 0 radical (unpaired) electrons. The molecule has 0 aromatic heterocycles. The summed E-state index contributed by atoms with van der Waals surface area (Å²) in [6.07, 6.45) is 0. The van der Waals surface area contributed by atoms with Crippen molar-refractivity contribution >= 4 is 28.4 Å². The second-order valence-electron chi connectivity index (χ2n) is 6.44. The summed E-state index contributed by atoms with van der Waals surface area (Å²) in [5.41, 5.74) is 1.78. The van der Waals surface area contributed by atoms with Crippen LogP contribution in [0.25, 0.3) is 10.8 Å². The first kappa shape index (κ1) is 18.6. The van der Waals surface area contributed by atoms with Gasteiger partial charge in [-0.2, -0.15) is 0 Å². The standard InChI is InChI=1S/C21H21NO5/c1-11-16(20(24)26-3)12(2)22-19(17(11)21(25)27-4)18-14-8-6-5-7-13(14)9-10-15(18)23/h5-10,16,19,23H,1-4H3/t16?,19-/m1/s1. The Morgan fingerprint density at radius 1 is 1.04 bits per heavy atom. The highest BCUT2D eigenvalue weighted by Crippen LogP contribution is 2.43. The third kappa shape index (κ3) is 3.07. The molecule has 1 aliphatic rings. The maximum absolute atomic E-state index is 12.6. The fourth-order valence-electron chi connectivity index (χ4n) is 3.66. The van der Waals surface area contributed by atoms with E-state index in [0.717, 1.165) is 10.8 Å². The van der Waals surface area contributed by atoms with Gasteiger partial charge in [0.05, 0.1) is 19.8 Å². The third-order valence-electron chi connectivity index (χ3n) is 4.95. The predicted molar refractivity (Wildman–Crippen MR) is 102 cm³/mol. The van der Waals surface area contributed by atoms with Crippen molar-refractivity contribution in [2.75, 3.05) is 14.2 Å². The van der Waals surface area contributed by atoms with E-state index < -0.39 is 23.9 Å². The summed E-state index contributed by atoms with van der Waals surface area (Å²) in [5.74, 6) is -1.80. The van der Waals surface area contributed by atoms with E-state index in [2.05, 4.69) is 4.99 Å². The molecule has 1 aliphatic heterocycles. The monoisotopic (exact) mass is 367 g/mol. The Morgan fingerprint density at radius 3 is 2.41 bits per heavy atom. The second-order valence-corrected chi connectivity index (χ2v) is 6.44. The fraction of sp³-hybridized carbons (Fsp3) is 0.286. The number of hydrogen-bond donors (Lipinski definition) is 1. The molecule has 1 unspecified atom stereocenters. The molecule has 1 N–H and O–H groups in total. The maximum atomic E-state index is 12.6. The lowest BCUT2D eigenvalue weighted by atomic mass is 9.82. The normalized spacial score (nSPS) is 19.6. The average Bonchev–Trinajstić information content (AvgIpc) is 2.66. The van der Waals surface area contributed by atoms with Crippen LogP contribution in [0.3, 0.4) is 0 Å². The number of esters is 2. The van der Waals surface area contributed by atoms with Crippen LogP contribution in [0.15, 0.2) is 52.5 Å². The molecular formula is C21H21NO5. The molecule has 2 atom stereocenters. The number of hydrogen-bond acceptors (Lipinski definition) is 6. The third-order valence-corrected chi connectivity index (χ3v) is 4.95. The number of ether oxygens (including phenoxy) is 2. The molecule has 6 heteroatoms. The molecule has 140 valence electrons. The average molecular weight is 367 g/mol. The highest BCUT2D eigenvalue weighted by Gasteiger charge is 2.38. The zero-order valence-corrected chi connectivity index (χ0v) is 15.6. The summed E-state index contributed by atoms with van der Waals surface area (Å²) in [5, 5.41) is 12.3. The number of rotatable bonds is 3. The number of dihydropyridines is 1. The van der Waals surface area contributed by atoms with E-state index in [-0.39, 0.29) is 11.3 Å². The topological polar surface area (TPSA) is 85.2 Å². The summed E-state index contributed by atoms with van der Waals surface area (Å²) < 4.78 is 9.83. The minimum absolute atomic E-state index is 0.0287. The smallest absolute Gasteiger partial charge is 0.336 e. The van der Waals surface area contributed by atoms with Crippen LogP contribution in [0, 0.1) is 5.92 Å². The molecule has 0 saturated carbocycles. The molecule has 2 aromatic rings. The van der Waals surface area contributed by atoms with Gasteiger partial charge in [0.2, 0.25) is 0 Å². The number of phenols is 1. The minimum atomic E-state index is -0.774. The van der Waals surface area contributed by atoms with Crippen LogP contribution >= 0.6 is 0 Å². The summed E-state index contributed by atoms with van der Waals surface area (Å²) in [7, 11) is 2.57. The lowest BCUT2D eigenvalue weighted by Crippen LogP contribution is -2.32. The van der Waals surface area contributed by atoms with E-state index in [0.29, 0.717) is 16.8 Å². The Bertz CT molecular complexity index is 989. The van der Waals surface area contributed by atoms with Crippen LogP contribution in [-0.4, -0.2) is 37.0 Å². The number of carbonyl (C=O) groups excluding carboxylic acids is 2. The Labute approximate surface area is 157 Å². The van der Waals surface area contributed by atoms with E-state index in [4.69, 9.17) is 9.47 Å². The first-order valence-corrected chi connectivity index (χ1v) is 8.52. The van der Waals surface area contributed by atoms with Crippen LogP contribution in [0.1, 0.15) is 25.5 Å². The van der Waals surface area contributed by atoms with Gasteiger partial charge in [-0.15, -0.1) is 0 Å². The van der Waals surface area contributed by atoms with Gasteiger partial charge < -0.3 is 14.6 Å². The molecule has 0 fully saturated rings. The molecule has 0 aliphatic carbocycles. The number of fused-ring (bicyclic) bond motifs is 1. The van der Waals surface area contributed by atoms with Crippen molar-refractivity contribution in [2.45, 2.75) is 19.9 Å². The summed E-state index contributed by atoms with van der Waals surface area (Å²) in [6.45, 7) is 3.41. The fourth-order valence-corrected chi connectivity index (χ4v) is 3.66. The molecular weight excluding hydrogens is 346 g/mol. The summed E-state index contributed by atoms with van der Waals surface area (Å²) >= 11 is 0. The van der Waals surface area contributed by atoms with Crippen LogP contribution in [0.5, 0.6) is 5.75 Å². The van der Waals surface area contributed by atoms with E-state index in [9.17, 15) is 14.7 Å². The number of phenolic OH excluding ortho intramolecular Hbond substituents is 1. The predicted octanol–water partition coefficient (Wildman–Crippen LogP) is 3.34. The van der Waals surface area contributed by atoms with Gasteiger partial charge in [-0.05, 0) is 36.3 Å². The van der Waals surface area contributed by atoms with Crippen molar-refractivity contribution < 1.29 is 24.2 Å². The number of methoxy groups -OCH3 is 2. The molecule has 1 heterocycles. The number of aliphatic imine (C=N–C) groups is 1. The summed E-state index contributed by atoms with van der Waals surface area (Å²) in [4.78, 5) is 29.4. The van der Waals surface area contributed by atoms with Gasteiger partial charge in [-0.25, -0.2) is 4.79 Å². The number of carbonyl (C=O) groups is 2. The Morgan fingerprint density at radius 2 is 1.74 bits per heavy atom. The lowest BCUT2D eigenvalue weighted by Gasteiger charge is -2.29. The second kappa shape index (κ2) is 7.23. The maximum Gasteiger partial charge on any atom is 0.336 e. The van der Waals surface area contributed by atoms with E-state index >= 15 is 0 Å². The molecule has 0 bridgehead atoms. The van der Waals surface area contributed by atoms with Crippen molar-refractivity contribution in [3.63, 3.8) is 0 Å². The quantitative estimate of drug-likeness (QED) is 0.841. The zero-order valence-electron chi connectivity index (χ0n) is 15.6. The SMILES string of the molecule is COC(=O)C1=C(C)C(C(=O)OC)C(C)=N[C@H]1c1c(O)ccc2ccccc12. The van der Waals surface area contributed by atoms with Crippen molar-refractivity contribution in [1.29, 1.82) is 0 Å². The zero-order chi connectivity index (χ0) is 19.7.